The molecule has 180 valence electrons. The third kappa shape index (κ3) is 4.07. The fraction of sp³-hybridized carbons (Fsp3) is 0.286. The second-order valence-electron chi connectivity index (χ2n) is 8.87. The van der Waals surface area contributed by atoms with Crippen LogP contribution in [-0.2, 0) is 9.53 Å². The summed E-state index contributed by atoms with van der Waals surface area (Å²) in [5.41, 5.74) is 5.36. The summed E-state index contributed by atoms with van der Waals surface area (Å²) in [6.07, 6.45) is -0.499. The standard InChI is InChI=1S/C28H27NO6/c1-33-25-12-11-17(13-26(25)34-2)22-14-29(15-23(22)27(30)31)28(32)35-16-24-20-9-5-3-7-18(20)19-8-4-6-10-21(19)24/h3-13,22-24H,14-16H2,1-2H3,(H,30,31)/t22-,23+/m0/s1. The highest BCUT2D eigenvalue weighted by molar-refractivity contribution is 5.79. The number of carboxylic acid groups (broad SMARTS) is 1. The first-order valence-electron chi connectivity index (χ1n) is 11.6. The van der Waals surface area contributed by atoms with Gasteiger partial charge in [0.05, 0.1) is 20.1 Å². The second-order valence-corrected chi connectivity index (χ2v) is 8.87. The van der Waals surface area contributed by atoms with Crippen LogP contribution in [0.25, 0.3) is 11.1 Å². The highest BCUT2D eigenvalue weighted by Gasteiger charge is 2.42. The van der Waals surface area contributed by atoms with E-state index in [-0.39, 0.29) is 31.5 Å². The van der Waals surface area contributed by atoms with Crippen LogP contribution in [0.15, 0.2) is 66.7 Å². The van der Waals surface area contributed by atoms with Gasteiger partial charge in [-0.2, -0.15) is 0 Å². The molecule has 3 aromatic rings. The molecule has 0 spiro atoms. The SMILES string of the molecule is COc1ccc([C@@H]2CN(C(=O)OCC3c4ccccc4-c4ccccc43)C[C@H]2C(=O)O)cc1OC. The Morgan fingerprint density at radius 3 is 2.11 bits per heavy atom. The van der Waals surface area contributed by atoms with Crippen molar-refractivity contribution in [2.45, 2.75) is 11.8 Å². The summed E-state index contributed by atoms with van der Waals surface area (Å²) in [6, 6.07) is 21.7. The number of likely N-dealkylation sites (tertiary alicyclic amines) is 1. The number of carbonyl (C=O) groups excluding carboxylic acids is 1. The van der Waals surface area contributed by atoms with Crippen LogP contribution in [-0.4, -0.2) is 56.0 Å². The number of nitrogens with zero attached hydrogens (tertiary/aromatic N) is 1. The lowest BCUT2D eigenvalue weighted by Crippen LogP contribution is -2.31. The van der Waals surface area contributed by atoms with Crippen molar-refractivity contribution >= 4 is 12.1 Å². The predicted octanol–water partition coefficient (Wildman–Crippen LogP) is 4.75. The number of fused-ring (bicyclic) bond motifs is 3. The molecule has 1 N–H and O–H groups in total. The van der Waals surface area contributed by atoms with E-state index in [1.54, 1.807) is 19.2 Å². The van der Waals surface area contributed by atoms with Crippen LogP contribution in [0.3, 0.4) is 0 Å². The molecule has 2 aliphatic rings. The topological polar surface area (TPSA) is 85.3 Å². The number of rotatable bonds is 6. The molecule has 0 bridgehead atoms. The average Bonchev–Trinajstić information content (AvgIpc) is 3.47. The summed E-state index contributed by atoms with van der Waals surface area (Å²) in [4.78, 5) is 26.6. The Morgan fingerprint density at radius 2 is 1.51 bits per heavy atom. The third-order valence-corrected chi connectivity index (χ3v) is 7.07. The molecule has 7 nitrogen and oxygen atoms in total. The van der Waals surface area contributed by atoms with Gasteiger partial charge in [-0.15, -0.1) is 0 Å². The first-order chi connectivity index (χ1) is 17.0. The van der Waals surface area contributed by atoms with E-state index >= 15 is 0 Å². The van der Waals surface area contributed by atoms with Crippen molar-refractivity contribution in [1.82, 2.24) is 4.90 Å². The largest absolute Gasteiger partial charge is 0.493 e. The Kier molecular flexibility index (Phi) is 6.07. The number of ether oxygens (including phenoxy) is 3. The highest BCUT2D eigenvalue weighted by atomic mass is 16.6. The van der Waals surface area contributed by atoms with Gasteiger partial charge in [-0.25, -0.2) is 4.79 Å². The highest BCUT2D eigenvalue weighted by Crippen LogP contribution is 2.45. The number of carboxylic acids is 1. The van der Waals surface area contributed by atoms with E-state index in [1.165, 1.54) is 12.0 Å². The molecule has 0 unspecified atom stereocenters. The fourth-order valence-corrected chi connectivity index (χ4v) is 5.31. The minimum absolute atomic E-state index is 0.0501. The molecule has 7 heteroatoms. The van der Waals surface area contributed by atoms with Gasteiger partial charge in [0, 0.05) is 24.9 Å². The molecule has 0 saturated carbocycles. The van der Waals surface area contributed by atoms with Gasteiger partial charge in [0.1, 0.15) is 6.61 Å². The molecular weight excluding hydrogens is 446 g/mol. The summed E-state index contributed by atoms with van der Waals surface area (Å²) in [7, 11) is 3.08. The number of hydrogen-bond donors (Lipinski definition) is 1. The average molecular weight is 474 g/mol. The molecule has 0 radical (unpaired) electrons. The minimum Gasteiger partial charge on any atom is -0.493 e. The van der Waals surface area contributed by atoms with Gasteiger partial charge in [0.25, 0.3) is 0 Å². The van der Waals surface area contributed by atoms with Crippen LogP contribution in [0.2, 0.25) is 0 Å². The molecule has 1 aliphatic heterocycles. The van der Waals surface area contributed by atoms with E-state index in [9.17, 15) is 14.7 Å². The van der Waals surface area contributed by atoms with Crippen molar-refractivity contribution in [3.63, 3.8) is 0 Å². The number of aliphatic carboxylic acids is 1. The monoisotopic (exact) mass is 473 g/mol. The normalized spacial score (nSPS) is 18.6. The van der Waals surface area contributed by atoms with Crippen LogP contribution in [0.4, 0.5) is 4.79 Å². The van der Waals surface area contributed by atoms with Gasteiger partial charge in [-0.1, -0.05) is 54.6 Å². The van der Waals surface area contributed by atoms with E-state index in [0.29, 0.717) is 11.5 Å². The van der Waals surface area contributed by atoms with Gasteiger partial charge in [0.2, 0.25) is 0 Å². The zero-order chi connectivity index (χ0) is 24.5. The van der Waals surface area contributed by atoms with E-state index in [4.69, 9.17) is 14.2 Å². The first-order valence-corrected chi connectivity index (χ1v) is 11.6. The maximum atomic E-state index is 13.1. The minimum atomic E-state index is -0.946. The predicted molar refractivity (Wildman–Crippen MR) is 130 cm³/mol. The zero-order valence-corrected chi connectivity index (χ0v) is 19.6. The maximum Gasteiger partial charge on any atom is 0.409 e. The number of carbonyl (C=O) groups is 2. The lowest BCUT2D eigenvalue weighted by atomic mass is 9.89. The van der Waals surface area contributed by atoms with Crippen molar-refractivity contribution in [3.8, 4) is 22.6 Å². The fourth-order valence-electron chi connectivity index (χ4n) is 5.31. The molecule has 1 saturated heterocycles. The Bertz CT molecular complexity index is 1230. The Morgan fingerprint density at radius 1 is 0.886 bits per heavy atom. The van der Waals surface area contributed by atoms with Crippen LogP contribution in [0, 0.1) is 5.92 Å². The molecule has 3 aromatic carbocycles. The van der Waals surface area contributed by atoms with Crippen LogP contribution < -0.4 is 9.47 Å². The van der Waals surface area contributed by atoms with E-state index < -0.39 is 18.0 Å². The summed E-state index contributed by atoms with van der Waals surface area (Å²) in [6.45, 7) is 0.538. The molecule has 1 heterocycles. The number of methoxy groups -OCH3 is 2. The number of amides is 1. The smallest absolute Gasteiger partial charge is 0.409 e. The summed E-state index contributed by atoms with van der Waals surface area (Å²) < 4.78 is 16.4. The van der Waals surface area contributed by atoms with Crippen molar-refractivity contribution in [3.05, 3.63) is 83.4 Å². The third-order valence-electron chi connectivity index (χ3n) is 7.07. The maximum absolute atomic E-state index is 13.1. The quantitative estimate of drug-likeness (QED) is 0.556. The molecule has 1 amide bonds. The van der Waals surface area contributed by atoms with Gasteiger partial charge >= 0.3 is 12.1 Å². The van der Waals surface area contributed by atoms with Gasteiger partial charge in [0.15, 0.2) is 11.5 Å². The number of hydrogen-bond acceptors (Lipinski definition) is 5. The zero-order valence-electron chi connectivity index (χ0n) is 19.6. The van der Waals surface area contributed by atoms with Crippen molar-refractivity contribution in [1.29, 1.82) is 0 Å². The van der Waals surface area contributed by atoms with Crippen LogP contribution >= 0.6 is 0 Å². The van der Waals surface area contributed by atoms with Gasteiger partial charge < -0.3 is 24.2 Å². The lowest BCUT2D eigenvalue weighted by Gasteiger charge is -2.19. The molecule has 2 atom stereocenters. The molecule has 5 rings (SSSR count). The number of benzene rings is 3. The molecule has 1 fully saturated rings. The van der Waals surface area contributed by atoms with Crippen LogP contribution in [0.1, 0.15) is 28.5 Å². The molecular formula is C28H27NO6. The van der Waals surface area contributed by atoms with Crippen molar-refractivity contribution in [2.75, 3.05) is 33.9 Å². The second kappa shape index (κ2) is 9.33. The van der Waals surface area contributed by atoms with Crippen LogP contribution in [0.5, 0.6) is 11.5 Å². The molecule has 35 heavy (non-hydrogen) atoms. The lowest BCUT2D eigenvalue weighted by molar-refractivity contribution is -0.141. The van der Waals surface area contributed by atoms with E-state index in [0.717, 1.165) is 27.8 Å². The Balaban J connectivity index is 1.32. The van der Waals surface area contributed by atoms with Gasteiger partial charge in [-0.05, 0) is 39.9 Å². The summed E-state index contributed by atoms with van der Waals surface area (Å²) in [5, 5.41) is 9.86. The summed E-state index contributed by atoms with van der Waals surface area (Å²) in [5.74, 6) is -1.03. The Hall–Kier alpha value is -4.00. The first kappa shape index (κ1) is 22.8. The molecule has 1 aliphatic carbocycles. The Labute approximate surface area is 203 Å². The van der Waals surface area contributed by atoms with Crippen molar-refractivity contribution in [2.24, 2.45) is 5.92 Å². The van der Waals surface area contributed by atoms with E-state index in [2.05, 4.69) is 24.3 Å². The van der Waals surface area contributed by atoms with E-state index in [1.807, 2.05) is 30.3 Å². The van der Waals surface area contributed by atoms with Crippen molar-refractivity contribution < 1.29 is 28.9 Å². The molecule has 0 aromatic heterocycles. The van der Waals surface area contributed by atoms with Gasteiger partial charge in [-0.3, -0.25) is 4.79 Å². The summed E-state index contributed by atoms with van der Waals surface area (Å²) >= 11 is 0.